The molecule has 2 heterocycles. The molecular weight excluding hydrogens is 493 g/mol. The minimum atomic E-state index is -1.21. The first-order chi connectivity index (χ1) is 16.0. The van der Waals surface area contributed by atoms with Crippen LogP contribution < -0.4 is 16.2 Å². The quantitative estimate of drug-likeness (QED) is 0.279. The van der Waals surface area contributed by atoms with Crippen molar-refractivity contribution in [2.24, 2.45) is 5.73 Å². The highest BCUT2D eigenvalue weighted by Gasteiger charge is 2.21. The van der Waals surface area contributed by atoms with E-state index in [0.717, 1.165) is 0 Å². The third-order valence-corrected chi connectivity index (χ3v) is 5.21. The third kappa shape index (κ3) is 7.16. The number of hydrogen-bond donors (Lipinski definition) is 5. The number of benzene rings is 1. The molecule has 2 aromatic heterocycles. The number of aryl methyl sites for hydroxylation is 1. The number of nitrogens with zero attached hydrogens (tertiary/aromatic N) is 2. The molecule has 3 aromatic rings. The molecule has 1 atom stereocenters. The number of carbonyl (C=O) groups is 1. The zero-order valence-electron chi connectivity index (χ0n) is 18.1. The normalized spacial score (nSPS) is 12.2. The van der Waals surface area contributed by atoms with Gasteiger partial charge in [0, 0.05) is 18.8 Å². The second-order valence-corrected chi connectivity index (χ2v) is 8.26. The van der Waals surface area contributed by atoms with Crippen LogP contribution in [0.3, 0.4) is 0 Å². The average molecular weight is 518 g/mol. The van der Waals surface area contributed by atoms with Gasteiger partial charge in [0.25, 0.3) is 0 Å². The van der Waals surface area contributed by atoms with Crippen LogP contribution >= 0.6 is 23.2 Å². The zero-order chi connectivity index (χ0) is 25.5. The van der Waals surface area contributed by atoms with E-state index in [2.05, 4.69) is 4.98 Å². The van der Waals surface area contributed by atoms with Crippen LogP contribution in [0.2, 0.25) is 10.0 Å². The summed E-state index contributed by atoms with van der Waals surface area (Å²) >= 11 is 12.1. The van der Waals surface area contributed by atoms with Crippen LogP contribution in [0.15, 0.2) is 39.7 Å². The number of aliphatic hydroxyl groups excluding tert-OH is 3. The van der Waals surface area contributed by atoms with E-state index < -0.39 is 43.2 Å². The second-order valence-electron chi connectivity index (χ2n) is 7.41. The fourth-order valence-electron chi connectivity index (χ4n) is 2.60. The number of ether oxygens (including phenoxy) is 1. The van der Waals surface area contributed by atoms with Gasteiger partial charge in [-0.1, -0.05) is 23.2 Å². The maximum Gasteiger partial charge on any atom is 0.419 e. The number of rotatable bonds is 9. The maximum atomic E-state index is 11.9. The number of pyridine rings is 1. The number of nitrogens with two attached hydrogens (primary N) is 1. The van der Waals surface area contributed by atoms with Gasteiger partial charge in [-0.15, -0.1) is 0 Å². The lowest BCUT2D eigenvalue weighted by Crippen LogP contribution is -2.50. The monoisotopic (exact) mass is 517 g/mol. The van der Waals surface area contributed by atoms with Gasteiger partial charge in [-0.2, -0.15) is 0 Å². The topological polar surface area (TPSA) is 181 Å². The van der Waals surface area contributed by atoms with Gasteiger partial charge in [-0.25, -0.2) is 4.79 Å². The lowest BCUT2D eigenvalue weighted by molar-refractivity contribution is -0.137. The van der Waals surface area contributed by atoms with Crippen LogP contribution in [0.25, 0.3) is 11.1 Å². The van der Waals surface area contributed by atoms with E-state index in [4.69, 9.17) is 58.5 Å². The van der Waals surface area contributed by atoms with E-state index in [9.17, 15) is 9.59 Å². The Kier molecular flexibility index (Phi) is 9.86. The summed E-state index contributed by atoms with van der Waals surface area (Å²) in [4.78, 5) is 26.9. The van der Waals surface area contributed by atoms with Gasteiger partial charge >= 0.3 is 11.7 Å². The SMILES string of the molecule is C[C@@H](Oc1cc2oc(=O)n(CCC(=O)O)c2cc1Cl)c1ccc(Cl)cn1.NC(CO)(CO)CO. The number of carboxylic acids is 1. The average Bonchev–Trinajstić information content (AvgIpc) is 3.11. The predicted octanol–water partition coefficient (Wildman–Crippen LogP) is 1.57. The summed E-state index contributed by atoms with van der Waals surface area (Å²) in [5.74, 6) is -1.34. The summed E-state index contributed by atoms with van der Waals surface area (Å²) in [5.41, 5.74) is 5.26. The van der Waals surface area contributed by atoms with Gasteiger partial charge in [0.05, 0.1) is 53.0 Å². The molecule has 0 aliphatic heterocycles. The molecule has 34 heavy (non-hydrogen) atoms. The summed E-state index contributed by atoms with van der Waals surface area (Å²) in [6.07, 6.45) is 0.898. The highest BCUT2D eigenvalue weighted by Crippen LogP contribution is 2.33. The molecule has 0 radical (unpaired) electrons. The Bertz CT molecular complexity index is 1150. The van der Waals surface area contributed by atoms with E-state index in [0.29, 0.717) is 22.0 Å². The van der Waals surface area contributed by atoms with Crippen LogP contribution in [0.5, 0.6) is 5.75 Å². The number of aliphatic carboxylic acids is 1. The first-order valence-corrected chi connectivity index (χ1v) is 10.7. The number of halogens is 2. The van der Waals surface area contributed by atoms with E-state index in [1.165, 1.54) is 22.9 Å². The van der Waals surface area contributed by atoms with Crippen molar-refractivity contribution in [1.29, 1.82) is 0 Å². The molecule has 0 spiro atoms. The molecule has 0 fully saturated rings. The van der Waals surface area contributed by atoms with E-state index >= 15 is 0 Å². The van der Waals surface area contributed by atoms with Crippen LogP contribution in [0.1, 0.15) is 25.1 Å². The fraction of sp³-hybridized carbons (Fsp3) is 0.381. The minimum Gasteiger partial charge on any atom is -0.483 e. The highest BCUT2D eigenvalue weighted by molar-refractivity contribution is 6.32. The molecule has 13 heteroatoms. The van der Waals surface area contributed by atoms with Crippen LogP contribution in [-0.2, 0) is 11.3 Å². The molecule has 0 saturated carbocycles. The Labute approximate surface area is 203 Å². The van der Waals surface area contributed by atoms with Crippen LogP contribution in [0.4, 0.5) is 0 Å². The summed E-state index contributed by atoms with van der Waals surface area (Å²) in [6, 6.07) is 6.46. The number of aliphatic hydroxyl groups is 3. The lowest BCUT2D eigenvalue weighted by atomic mass is 10.1. The van der Waals surface area contributed by atoms with Crippen LogP contribution in [-0.4, -0.2) is 61.3 Å². The summed E-state index contributed by atoms with van der Waals surface area (Å²) in [7, 11) is 0. The highest BCUT2D eigenvalue weighted by atomic mass is 35.5. The van der Waals surface area contributed by atoms with Gasteiger partial charge in [0.1, 0.15) is 11.9 Å². The smallest absolute Gasteiger partial charge is 0.419 e. The standard InChI is InChI=1S/C17H14Cl2N2O5.C4H11NO3/c1-9(12-3-2-10(18)8-20-12)25-14-7-15-13(6-11(14)19)21(17(24)26-15)5-4-16(22)23;5-4(1-6,2-7)3-8/h2-3,6-9H,4-5H2,1H3,(H,22,23);6-8H,1-3,5H2/t9-;/m1./s1. The Morgan fingerprint density at radius 3 is 2.38 bits per heavy atom. The van der Waals surface area contributed by atoms with Gasteiger partial charge in [-0.05, 0) is 25.1 Å². The molecule has 3 rings (SSSR count). The first-order valence-electron chi connectivity index (χ1n) is 9.97. The number of carboxylic acid groups (broad SMARTS) is 1. The van der Waals surface area contributed by atoms with Crippen molar-refractivity contribution in [3.05, 3.63) is 56.8 Å². The summed E-state index contributed by atoms with van der Waals surface area (Å²) in [5, 5.41) is 34.6. The van der Waals surface area contributed by atoms with Crippen molar-refractivity contribution in [1.82, 2.24) is 9.55 Å². The molecule has 0 aliphatic carbocycles. The molecule has 0 saturated heterocycles. The van der Waals surface area contributed by atoms with Crippen LogP contribution in [0, 0.1) is 0 Å². The van der Waals surface area contributed by atoms with Crippen molar-refractivity contribution in [2.45, 2.75) is 31.5 Å². The fourth-order valence-corrected chi connectivity index (χ4v) is 2.92. The maximum absolute atomic E-state index is 11.9. The van der Waals surface area contributed by atoms with Crippen molar-refractivity contribution in [3.63, 3.8) is 0 Å². The number of oxazole rings is 1. The molecule has 0 amide bonds. The first kappa shape index (κ1) is 27.6. The van der Waals surface area contributed by atoms with Crippen molar-refractivity contribution >= 4 is 40.3 Å². The molecular formula is C21H25Cl2N3O8. The molecule has 0 bridgehead atoms. The van der Waals surface area contributed by atoms with E-state index in [-0.39, 0.29) is 23.6 Å². The summed E-state index contributed by atoms with van der Waals surface area (Å²) < 4.78 is 12.2. The van der Waals surface area contributed by atoms with Gasteiger partial charge in [-0.3, -0.25) is 14.3 Å². The molecule has 186 valence electrons. The molecule has 6 N–H and O–H groups in total. The Morgan fingerprint density at radius 1 is 1.24 bits per heavy atom. The Hall–Kier alpha value is -2.67. The minimum absolute atomic E-state index is 0.0111. The lowest BCUT2D eigenvalue weighted by Gasteiger charge is -2.20. The van der Waals surface area contributed by atoms with Crippen molar-refractivity contribution in [3.8, 4) is 5.75 Å². The largest absolute Gasteiger partial charge is 0.483 e. The van der Waals surface area contributed by atoms with Gasteiger partial charge in [0.2, 0.25) is 0 Å². The Morgan fingerprint density at radius 2 is 1.88 bits per heavy atom. The van der Waals surface area contributed by atoms with Gasteiger partial charge < -0.3 is 35.3 Å². The molecule has 11 nitrogen and oxygen atoms in total. The second kappa shape index (κ2) is 12.2. The predicted molar refractivity (Wildman–Crippen MR) is 124 cm³/mol. The third-order valence-electron chi connectivity index (χ3n) is 4.69. The molecule has 0 unspecified atom stereocenters. The van der Waals surface area contributed by atoms with Crippen molar-refractivity contribution in [2.75, 3.05) is 19.8 Å². The number of hydrogen-bond acceptors (Lipinski definition) is 9. The molecule has 0 aliphatic rings. The number of aromatic nitrogens is 2. The molecule has 1 aromatic carbocycles. The van der Waals surface area contributed by atoms with Gasteiger partial charge in [0.15, 0.2) is 5.58 Å². The number of fused-ring (bicyclic) bond motifs is 1. The van der Waals surface area contributed by atoms with E-state index in [1.54, 1.807) is 19.1 Å². The van der Waals surface area contributed by atoms with E-state index in [1.807, 2.05) is 0 Å². The zero-order valence-corrected chi connectivity index (χ0v) is 19.7. The Balaban J connectivity index is 0.000000440. The summed E-state index contributed by atoms with van der Waals surface area (Å²) in [6.45, 7) is 0.577. The van der Waals surface area contributed by atoms with Crippen molar-refractivity contribution < 1.29 is 34.4 Å².